The molecule has 0 radical (unpaired) electrons. The maximum Gasteiger partial charge on any atom is 0.182 e. The lowest BCUT2D eigenvalue weighted by Gasteiger charge is -2.05. The number of benzene rings is 2. The van der Waals surface area contributed by atoms with Gasteiger partial charge in [-0.05, 0) is 29.8 Å². The topological polar surface area (TPSA) is 43.6 Å². The molecule has 0 spiro atoms. The Balaban J connectivity index is 1.72. The molecule has 4 nitrogen and oxygen atoms in total. The highest BCUT2D eigenvalue weighted by Crippen LogP contribution is 2.30. The van der Waals surface area contributed by atoms with Gasteiger partial charge in [0.1, 0.15) is 28.5 Å². The zero-order valence-corrected chi connectivity index (χ0v) is 14.4. The summed E-state index contributed by atoms with van der Waals surface area (Å²) in [7, 11) is 1.93. The lowest BCUT2D eigenvalue weighted by Crippen LogP contribution is -1.95. The Morgan fingerprint density at radius 2 is 1.76 bits per heavy atom. The lowest BCUT2D eigenvalue weighted by molar-refractivity contribution is 0.628. The van der Waals surface area contributed by atoms with Crippen LogP contribution in [-0.4, -0.2) is 19.5 Å². The Kier molecular flexibility index (Phi) is 4.19. The number of imidazole rings is 1. The summed E-state index contributed by atoms with van der Waals surface area (Å²) in [5.74, 6) is 1.31. The molecule has 25 heavy (non-hydrogen) atoms. The van der Waals surface area contributed by atoms with E-state index in [9.17, 15) is 4.39 Å². The van der Waals surface area contributed by atoms with Crippen LogP contribution in [-0.2, 0) is 12.8 Å². The Labute approximate surface area is 148 Å². The number of aryl methyl sites for hydroxylation is 1. The molecule has 124 valence electrons. The van der Waals surface area contributed by atoms with E-state index < -0.39 is 0 Å². The molecular formula is C19H15FN4S. The van der Waals surface area contributed by atoms with E-state index >= 15 is 0 Å². The number of thioether (sulfide) groups is 1. The molecule has 0 saturated heterocycles. The van der Waals surface area contributed by atoms with E-state index in [1.54, 1.807) is 23.9 Å². The van der Waals surface area contributed by atoms with Crippen LogP contribution < -0.4 is 0 Å². The first kappa shape index (κ1) is 15.8. The van der Waals surface area contributed by atoms with Crippen molar-refractivity contribution in [3.8, 4) is 11.4 Å². The van der Waals surface area contributed by atoms with Crippen molar-refractivity contribution in [1.29, 1.82) is 0 Å². The predicted molar refractivity (Wildman–Crippen MR) is 97.7 cm³/mol. The summed E-state index contributed by atoms with van der Waals surface area (Å²) in [6, 6.07) is 16.6. The van der Waals surface area contributed by atoms with E-state index in [1.165, 1.54) is 24.0 Å². The zero-order chi connectivity index (χ0) is 17.2. The van der Waals surface area contributed by atoms with Gasteiger partial charge in [0.05, 0.1) is 0 Å². The van der Waals surface area contributed by atoms with Gasteiger partial charge in [-0.3, -0.25) is 0 Å². The van der Waals surface area contributed by atoms with Gasteiger partial charge >= 0.3 is 0 Å². The number of rotatable bonds is 4. The van der Waals surface area contributed by atoms with Crippen LogP contribution in [0.15, 0.2) is 66.0 Å². The summed E-state index contributed by atoms with van der Waals surface area (Å²) in [4.78, 5) is 13.3. The Morgan fingerprint density at radius 1 is 1.00 bits per heavy atom. The van der Waals surface area contributed by atoms with Crippen LogP contribution in [0.1, 0.15) is 5.56 Å². The van der Waals surface area contributed by atoms with Crippen molar-refractivity contribution in [1.82, 2.24) is 19.5 Å². The molecule has 0 aliphatic rings. The van der Waals surface area contributed by atoms with Crippen molar-refractivity contribution in [2.45, 2.75) is 10.8 Å². The van der Waals surface area contributed by atoms with Crippen molar-refractivity contribution in [2.75, 3.05) is 0 Å². The summed E-state index contributed by atoms with van der Waals surface area (Å²) < 4.78 is 15.1. The van der Waals surface area contributed by atoms with E-state index in [0.29, 0.717) is 5.65 Å². The molecule has 2 aromatic heterocycles. The molecule has 0 aliphatic carbocycles. The van der Waals surface area contributed by atoms with Crippen molar-refractivity contribution >= 4 is 22.9 Å². The quantitative estimate of drug-likeness (QED) is 0.402. The fourth-order valence-corrected chi connectivity index (χ4v) is 3.68. The number of halogens is 1. The van der Waals surface area contributed by atoms with Crippen LogP contribution in [0.2, 0.25) is 0 Å². The molecule has 0 atom stereocenters. The summed E-state index contributed by atoms with van der Waals surface area (Å²) >= 11 is 1.66. The highest BCUT2D eigenvalue weighted by atomic mass is 32.2. The van der Waals surface area contributed by atoms with Gasteiger partial charge in [-0.25, -0.2) is 19.3 Å². The maximum atomic E-state index is 13.2. The monoisotopic (exact) mass is 350 g/mol. The van der Waals surface area contributed by atoms with Crippen LogP contribution in [0.4, 0.5) is 4.39 Å². The van der Waals surface area contributed by atoms with Crippen molar-refractivity contribution < 1.29 is 4.39 Å². The predicted octanol–water partition coefficient (Wildman–Crippen LogP) is 4.46. The molecule has 0 unspecified atom stereocenters. The SMILES string of the molecule is Cn1c(-c2ccc(F)cc2)nc2ncnc(SCc3ccccc3)c21. The molecule has 2 heterocycles. The second-order valence-corrected chi connectivity index (χ2v) is 6.59. The molecule has 0 bridgehead atoms. The molecular weight excluding hydrogens is 335 g/mol. The van der Waals surface area contributed by atoms with E-state index in [4.69, 9.17) is 0 Å². The molecule has 4 aromatic rings. The van der Waals surface area contributed by atoms with E-state index in [1.807, 2.05) is 29.8 Å². The first-order valence-corrected chi connectivity index (χ1v) is 8.81. The normalized spacial score (nSPS) is 11.1. The Morgan fingerprint density at radius 3 is 2.52 bits per heavy atom. The summed E-state index contributed by atoms with van der Waals surface area (Å²) in [5.41, 5.74) is 3.62. The van der Waals surface area contributed by atoms with E-state index in [0.717, 1.165) is 27.7 Å². The van der Waals surface area contributed by atoms with Crippen LogP contribution in [0, 0.1) is 5.82 Å². The second kappa shape index (κ2) is 6.64. The Bertz CT molecular complexity index is 1010. The molecule has 6 heteroatoms. The van der Waals surface area contributed by atoms with Gasteiger partial charge in [-0.15, -0.1) is 0 Å². The molecule has 0 N–H and O–H groups in total. The summed E-state index contributed by atoms with van der Waals surface area (Å²) in [6.07, 6.45) is 1.54. The molecule has 4 rings (SSSR count). The number of hydrogen-bond donors (Lipinski definition) is 0. The largest absolute Gasteiger partial charge is 0.324 e. The van der Waals surface area contributed by atoms with Crippen molar-refractivity contribution in [3.05, 3.63) is 72.3 Å². The molecule has 0 saturated carbocycles. The third kappa shape index (κ3) is 3.13. The van der Waals surface area contributed by atoms with Crippen LogP contribution in [0.3, 0.4) is 0 Å². The Hall–Kier alpha value is -2.73. The fraction of sp³-hybridized carbons (Fsp3) is 0.105. The first-order chi connectivity index (χ1) is 12.2. The number of aromatic nitrogens is 4. The van der Waals surface area contributed by atoms with Crippen LogP contribution >= 0.6 is 11.8 Å². The standard InChI is InChI=1S/C19H15FN4S/c1-24-16-17(23-18(24)14-7-9-15(20)10-8-14)21-12-22-19(16)25-11-13-5-3-2-4-6-13/h2-10,12H,11H2,1H3. The summed E-state index contributed by atoms with van der Waals surface area (Å²) in [5, 5.41) is 0.886. The van der Waals surface area contributed by atoms with Gasteiger partial charge in [0.2, 0.25) is 0 Å². The molecule has 2 aromatic carbocycles. The first-order valence-electron chi connectivity index (χ1n) is 7.82. The minimum absolute atomic E-state index is 0.263. The maximum absolute atomic E-state index is 13.2. The second-order valence-electron chi connectivity index (χ2n) is 5.63. The fourth-order valence-electron chi connectivity index (χ4n) is 2.70. The number of hydrogen-bond acceptors (Lipinski definition) is 4. The molecule has 0 fully saturated rings. The average molecular weight is 350 g/mol. The number of fused-ring (bicyclic) bond motifs is 1. The minimum atomic E-state index is -0.263. The van der Waals surface area contributed by atoms with Gasteiger partial charge in [0, 0.05) is 18.4 Å². The van der Waals surface area contributed by atoms with Gasteiger partial charge in [0.25, 0.3) is 0 Å². The van der Waals surface area contributed by atoms with E-state index in [2.05, 4.69) is 27.1 Å². The molecule has 0 aliphatic heterocycles. The van der Waals surface area contributed by atoms with Crippen molar-refractivity contribution in [2.24, 2.45) is 7.05 Å². The van der Waals surface area contributed by atoms with Gasteiger partial charge < -0.3 is 4.57 Å². The van der Waals surface area contributed by atoms with Gasteiger partial charge in [-0.1, -0.05) is 42.1 Å². The van der Waals surface area contributed by atoms with Crippen molar-refractivity contribution in [3.63, 3.8) is 0 Å². The summed E-state index contributed by atoms with van der Waals surface area (Å²) in [6.45, 7) is 0. The van der Waals surface area contributed by atoms with Gasteiger partial charge in [-0.2, -0.15) is 0 Å². The lowest BCUT2D eigenvalue weighted by atomic mass is 10.2. The highest BCUT2D eigenvalue weighted by Gasteiger charge is 2.15. The smallest absolute Gasteiger partial charge is 0.182 e. The molecule has 0 amide bonds. The van der Waals surface area contributed by atoms with Crippen LogP contribution in [0.25, 0.3) is 22.6 Å². The minimum Gasteiger partial charge on any atom is -0.324 e. The average Bonchev–Trinajstić information content (AvgIpc) is 2.99. The number of nitrogens with zero attached hydrogens (tertiary/aromatic N) is 4. The highest BCUT2D eigenvalue weighted by molar-refractivity contribution is 7.98. The third-order valence-electron chi connectivity index (χ3n) is 3.96. The zero-order valence-electron chi connectivity index (χ0n) is 13.6. The van der Waals surface area contributed by atoms with Gasteiger partial charge in [0.15, 0.2) is 5.65 Å². The van der Waals surface area contributed by atoms with Crippen LogP contribution in [0.5, 0.6) is 0 Å². The third-order valence-corrected chi connectivity index (χ3v) is 5.00. The van der Waals surface area contributed by atoms with E-state index in [-0.39, 0.29) is 5.82 Å².